The molecular weight excluding hydrogens is 292 g/mol. The molecule has 0 aromatic carbocycles. The molecule has 0 aliphatic carbocycles. The van der Waals surface area contributed by atoms with Crippen LogP contribution < -0.4 is 0 Å². The van der Waals surface area contributed by atoms with E-state index in [0.717, 1.165) is 5.75 Å². The molecule has 4 nitrogen and oxygen atoms in total. The summed E-state index contributed by atoms with van der Waals surface area (Å²) in [6.07, 6.45) is 1.49. The van der Waals surface area contributed by atoms with Gasteiger partial charge in [0.25, 0.3) is 0 Å². The summed E-state index contributed by atoms with van der Waals surface area (Å²) in [6, 6.07) is 3.06. The second-order valence-electron chi connectivity index (χ2n) is 4.22. The molecule has 18 heavy (non-hydrogen) atoms. The lowest BCUT2D eigenvalue weighted by atomic mass is 10.2. The van der Waals surface area contributed by atoms with Crippen LogP contribution in [0.4, 0.5) is 0 Å². The van der Waals surface area contributed by atoms with Crippen molar-refractivity contribution in [3.63, 3.8) is 0 Å². The standard InChI is InChI=1S/C11H15ClN2O2S2/c1-8-9(2)17-7-6-14(8)18(15,16)10-4-3-5-13-11(10)12/h3-5,8-9H,6-7H2,1-2H3. The summed E-state index contributed by atoms with van der Waals surface area (Å²) in [5, 5.41) is 0.319. The van der Waals surface area contributed by atoms with Crippen LogP contribution in [0.1, 0.15) is 13.8 Å². The van der Waals surface area contributed by atoms with Crippen molar-refractivity contribution in [1.29, 1.82) is 0 Å². The molecule has 7 heteroatoms. The molecule has 0 saturated carbocycles. The number of nitrogens with zero attached hydrogens (tertiary/aromatic N) is 2. The zero-order valence-corrected chi connectivity index (χ0v) is 12.6. The Balaban J connectivity index is 2.40. The lowest BCUT2D eigenvalue weighted by Crippen LogP contribution is -2.47. The molecule has 1 aromatic rings. The van der Waals surface area contributed by atoms with Gasteiger partial charge in [-0.05, 0) is 19.1 Å². The van der Waals surface area contributed by atoms with E-state index in [4.69, 9.17) is 11.6 Å². The average molecular weight is 307 g/mol. The molecule has 0 bridgehead atoms. The zero-order valence-electron chi connectivity index (χ0n) is 10.2. The van der Waals surface area contributed by atoms with E-state index >= 15 is 0 Å². The molecule has 2 unspecified atom stereocenters. The van der Waals surface area contributed by atoms with Gasteiger partial charge in [0.15, 0.2) is 0 Å². The summed E-state index contributed by atoms with van der Waals surface area (Å²) in [6.45, 7) is 4.49. The molecule has 0 spiro atoms. The molecule has 0 radical (unpaired) electrons. The second-order valence-corrected chi connectivity index (χ2v) is 7.93. The van der Waals surface area contributed by atoms with E-state index < -0.39 is 10.0 Å². The SMILES string of the molecule is CC1SCCN(S(=O)(=O)c2cccnc2Cl)C1C. The van der Waals surface area contributed by atoms with Crippen molar-refractivity contribution in [1.82, 2.24) is 9.29 Å². The molecule has 100 valence electrons. The van der Waals surface area contributed by atoms with E-state index in [2.05, 4.69) is 4.98 Å². The maximum Gasteiger partial charge on any atom is 0.246 e. The molecular formula is C11H15ClN2O2S2. The first-order valence-corrected chi connectivity index (χ1v) is 8.55. The lowest BCUT2D eigenvalue weighted by Gasteiger charge is -2.36. The summed E-state index contributed by atoms with van der Waals surface area (Å²) in [4.78, 5) is 3.93. The number of halogens is 1. The van der Waals surface area contributed by atoms with Crippen LogP contribution in [-0.4, -0.2) is 41.3 Å². The largest absolute Gasteiger partial charge is 0.246 e. The summed E-state index contributed by atoms with van der Waals surface area (Å²) < 4.78 is 26.6. The van der Waals surface area contributed by atoms with E-state index in [1.807, 2.05) is 13.8 Å². The van der Waals surface area contributed by atoms with Crippen molar-refractivity contribution >= 4 is 33.4 Å². The predicted octanol–water partition coefficient (Wildman–Crippen LogP) is 2.25. The monoisotopic (exact) mass is 306 g/mol. The highest BCUT2D eigenvalue weighted by Gasteiger charge is 2.36. The van der Waals surface area contributed by atoms with Gasteiger partial charge in [-0.3, -0.25) is 0 Å². The van der Waals surface area contributed by atoms with Crippen LogP contribution in [0.25, 0.3) is 0 Å². The Hall–Kier alpha value is -0.300. The smallest absolute Gasteiger partial charge is 0.243 e. The van der Waals surface area contributed by atoms with Crippen molar-refractivity contribution in [2.45, 2.75) is 30.0 Å². The van der Waals surface area contributed by atoms with Crippen LogP contribution in [0.3, 0.4) is 0 Å². The molecule has 0 amide bonds. The first kappa shape index (κ1) is 14.1. The van der Waals surface area contributed by atoms with E-state index in [1.165, 1.54) is 16.6 Å². The van der Waals surface area contributed by atoms with Gasteiger partial charge in [0, 0.05) is 29.8 Å². The molecule has 1 aliphatic rings. The number of hydrogen-bond acceptors (Lipinski definition) is 4. The highest BCUT2D eigenvalue weighted by molar-refractivity contribution is 8.00. The Morgan fingerprint density at radius 3 is 2.89 bits per heavy atom. The topological polar surface area (TPSA) is 50.3 Å². The molecule has 1 aromatic heterocycles. The molecule has 2 rings (SSSR count). The Bertz CT molecular complexity index is 536. The summed E-state index contributed by atoms with van der Waals surface area (Å²) >= 11 is 7.68. The Kier molecular flexibility index (Phi) is 4.21. The number of hydrogen-bond donors (Lipinski definition) is 0. The number of pyridine rings is 1. The van der Waals surface area contributed by atoms with Crippen LogP contribution in [0.5, 0.6) is 0 Å². The summed E-state index contributed by atoms with van der Waals surface area (Å²) in [7, 11) is -3.55. The predicted molar refractivity (Wildman–Crippen MR) is 74.5 cm³/mol. The molecule has 1 fully saturated rings. The highest BCUT2D eigenvalue weighted by atomic mass is 35.5. The average Bonchev–Trinajstić information content (AvgIpc) is 2.32. The van der Waals surface area contributed by atoms with E-state index in [0.29, 0.717) is 6.54 Å². The van der Waals surface area contributed by atoms with Crippen LogP contribution in [-0.2, 0) is 10.0 Å². The molecule has 1 saturated heterocycles. The quantitative estimate of drug-likeness (QED) is 0.786. The van der Waals surface area contributed by atoms with Crippen molar-refractivity contribution in [2.24, 2.45) is 0 Å². The highest BCUT2D eigenvalue weighted by Crippen LogP contribution is 2.31. The van der Waals surface area contributed by atoms with Crippen LogP contribution in [0.2, 0.25) is 5.15 Å². The molecule has 2 atom stereocenters. The van der Waals surface area contributed by atoms with Gasteiger partial charge < -0.3 is 0 Å². The number of sulfonamides is 1. The van der Waals surface area contributed by atoms with Crippen LogP contribution in [0.15, 0.2) is 23.2 Å². The Labute approximate surface area is 117 Å². The van der Waals surface area contributed by atoms with Gasteiger partial charge in [-0.2, -0.15) is 16.1 Å². The van der Waals surface area contributed by atoms with Crippen molar-refractivity contribution in [3.05, 3.63) is 23.5 Å². The third kappa shape index (κ3) is 2.52. The zero-order chi connectivity index (χ0) is 13.3. The van der Waals surface area contributed by atoms with Gasteiger partial charge in [-0.1, -0.05) is 18.5 Å². The van der Waals surface area contributed by atoms with Crippen LogP contribution >= 0.6 is 23.4 Å². The van der Waals surface area contributed by atoms with Gasteiger partial charge in [0.1, 0.15) is 10.0 Å². The summed E-state index contributed by atoms with van der Waals surface area (Å²) in [5.41, 5.74) is 0. The fraction of sp³-hybridized carbons (Fsp3) is 0.545. The number of thioether (sulfide) groups is 1. The minimum Gasteiger partial charge on any atom is -0.243 e. The third-order valence-electron chi connectivity index (χ3n) is 3.14. The van der Waals surface area contributed by atoms with Gasteiger partial charge in [0.2, 0.25) is 10.0 Å². The van der Waals surface area contributed by atoms with E-state index in [1.54, 1.807) is 17.8 Å². The summed E-state index contributed by atoms with van der Waals surface area (Å²) in [5.74, 6) is 0.808. The molecule has 1 aliphatic heterocycles. The number of rotatable bonds is 2. The maximum absolute atomic E-state index is 12.6. The van der Waals surface area contributed by atoms with Gasteiger partial charge in [-0.25, -0.2) is 13.4 Å². The lowest BCUT2D eigenvalue weighted by molar-refractivity contribution is 0.340. The Morgan fingerprint density at radius 2 is 2.22 bits per heavy atom. The van der Waals surface area contributed by atoms with Gasteiger partial charge >= 0.3 is 0 Å². The first-order chi connectivity index (χ1) is 8.44. The van der Waals surface area contributed by atoms with E-state index in [-0.39, 0.29) is 21.3 Å². The molecule has 2 heterocycles. The Morgan fingerprint density at radius 1 is 1.50 bits per heavy atom. The molecule has 0 N–H and O–H groups in total. The number of aromatic nitrogens is 1. The minimum absolute atomic E-state index is 0.0370. The minimum atomic E-state index is -3.55. The van der Waals surface area contributed by atoms with Crippen molar-refractivity contribution in [3.8, 4) is 0 Å². The third-order valence-corrected chi connectivity index (χ3v) is 6.91. The second kappa shape index (κ2) is 5.36. The normalized spacial score (nSPS) is 26.2. The van der Waals surface area contributed by atoms with Crippen LogP contribution in [0, 0.1) is 0 Å². The van der Waals surface area contributed by atoms with Gasteiger partial charge in [-0.15, -0.1) is 0 Å². The van der Waals surface area contributed by atoms with Gasteiger partial charge in [0.05, 0.1) is 0 Å². The van der Waals surface area contributed by atoms with E-state index in [9.17, 15) is 8.42 Å². The van der Waals surface area contributed by atoms with Crippen molar-refractivity contribution < 1.29 is 8.42 Å². The maximum atomic E-state index is 12.6. The van der Waals surface area contributed by atoms with Crippen molar-refractivity contribution in [2.75, 3.05) is 12.3 Å². The fourth-order valence-corrected chi connectivity index (χ4v) is 5.36. The fourth-order valence-electron chi connectivity index (χ4n) is 1.93. The first-order valence-electron chi connectivity index (χ1n) is 5.68.